The van der Waals surface area contributed by atoms with Crippen molar-refractivity contribution in [2.45, 2.75) is 10.5 Å². The van der Waals surface area contributed by atoms with Gasteiger partial charge in [0.25, 0.3) is 0 Å². The van der Waals surface area contributed by atoms with E-state index in [-0.39, 0.29) is 0 Å². The smallest absolute Gasteiger partial charge is 0.171 e. The highest BCUT2D eigenvalue weighted by molar-refractivity contribution is 9.11. The van der Waals surface area contributed by atoms with Crippen LogP contribution in [0.4, 0.5) is 0 Å². The van der Waals surface area contributed by atoms with E-state index in [1.54, 1.807) is 12.2 Å². The van der Waals surface area contributed by atoms with Gasteiger partial charge in [-0.3, -0.25) is 0 Å². The molecule has 4 aromatic carbocycles. The summed E-state index contributed by atoms with van der Waals surface area (Å²) in [6.07, 6.45) is 7.30. The molecule has 4 rings (SSSR count). The Hall–Kier alpha value is -1.77. The second kappa shape index (κ2) is 12.9. The molecule has 0 aliphatic heterocycles. The Morgan fingerprint density at radius 1 is 0.459 bits per heavy atom. The zero-order valence-electron chi connectivity index (χ0n) is 19.4. The van der Waals surface area contributed by atoms with E-state index in [1.165, 1.54) is 0 Å². The van der Waals surface area contributed by atoms with Crippen molar-refractivity contribution >= 4 is 85.7 Å². The third kappa shape index (κ3) is 7.64. The molecular formula is C30H22Br4O2S. The minimum Gasteiger partial charge on any atom is -0.227 e. The van der Waals surface area contributed by atoms with Crippen LogP contribution in [0.5, 0.6) is 0 Å². The molecule has 0 saturated heterocycles. The molecule has 0 aliphatic carbocycles. The number of halogens is 4. The summed E-state index contributed by atoms with van der Waals surface area (Å²) in [6, 6.07) is 30.5. The van der Waals surface area contributed by atoms with Gasteiger partial charge in [0.05, 0.1) is 0 Å². The monoisotopic (exact) mass is 762 g/mol. The highest BCUT2D eigenvalue weighted by Crippen LogP contribution is 2.38. The van der Waals surface area contributed by atoms with Crippen LogP contribution in [-0.2, 0) is 9.84 Å². The van der Waals surface area contributed by atoms with Crippen LogP contribution in [0.1, 0.15) is 32.8 Å². The minimum atomic E-state index is -3.77. The van der Waals surface area contributed by atoms with Crippen molar-refractivity contribution in [1.29, 1.82) is 0 Å². The van der Waals surface area contributed by atoms with Gasteiger partial charge in [-0.25, -0.2) is 8.42 Å². The van der Waals surface area contributed by atoms with Crippen LogP contribution < -0.4 is 0 Å². The number of rotatable bonds is 8. The van der Waals surface area contributed by atoms with Crippen LogP contribution in [-0.4, -0.2) is 8.42 Å². The quantitative estimate of drug-likeness (QED) is 0.179. The first-order valence-corrected chi connectivity index (χ1v) is 16.1. The third-order valence-corrected chi connectivity index (χ3v) is 10.2. The van der Waals surface area contributed by atoms with Crippen molar-refractivity contribution in [2.24, 2.45) is 0 Å². The van der Waals surface area contributed by atoms with Gasteiger partial charge in [0, 0.05) is 17.9 Å². The summed E-state index contributed by atoms with van der Waals surface area (Å²) in [5.74, 6) is 0. The van der Waals surface area contributed by atoms with Crippen molar-refractivity contribution in [3.8, 4) is 0 Å². The Bertz CT molecular complexity index is 1380. The largest absolute Gasteiger partial charge is 0.227 e. The van der Waals surface area contributed by atoms with E-state index in [1.807, 2.05) is 109 Å². The van der Waals surface area contributed by atoms with E-state index < -0.39 is 20.3 Å². The van der Waals surface area contributed by atoms with E-state index in [9.17, 15) is 8.42 Å². The Kier molecular flexibility index (Phi) is 9.81. The van der Waals surface area contributed by atoms with Gasteiger partial charge in [0.2, 0.25) is 0 Å². The molecule has 0 aromatic heterocycles. The zero-order valence-corrected chi connectivity index (χ0v) is 26.6. The second-order valence-corrected chi connectivity index (χ2v) is 14.2. The molecule has 2 atom stereocenters. The number of sulfone groups is 1. The molecule has 0 bridgehead atoms. The Morgan fingerprint density at radius 3 is 1.03 bits per heavy atom. The summed E-state index contributed by atoms with van der Waals surface area (Å²) in [5.41, 5.74) is 3.25. The molecule has 2 unspecified atom stereocenters. The van der Waals surface area contributed by atoms with Crippen molar-refractivity contribution in [3.63, 3.8) is 0 Å². The fourth-order valence-corrected chi connectivity index (χ4v) is 6.87. The molecule has 0 spiro atoms. The first-order valence-electron chi connectivity index (χ1n) is 11.3. The van der Waals surface area contributed by atoms with Crippen LogP contribution in [0.25, 0.3) is 12.2 Å². The van der Waals surface area contributed by atoms with E-state index >= 15 is 0 Å². The molecule has 188 valence electrons. The van der Waals surface area contributed by atoms with Gasteiger partial charge < -0.3 is 0 Å². The molecule has 0 radical (unpaired) electrons. The van der Waals surface area contributed by atoms with Crippen LogP contribution in [0.2, 0.25) is 0 Å². The molecule has 0 saturated carbocycles. The molecular weight excluding hydrogens is 744 g/mol. The molecule has 0 heterocycles. The van der Waals surface area contributed by atoms with E-state index in [0.717, 1.165) is 29.0 Å². The van der Waals surface area contributed by atoms with Crippen LogP contribution in [0, 0.1) is 0 Å². The number of hydrogen-bond acceptors (Lipinski definition) is 2. The normalized spacial score (nSPS) is 13.7. The lowest BCUT2D eigenvalue weighted by Crippen LogP contribution is -2.19. The average molecular weight is 766 g/mol. The lowest BCUT2D eigenvalue weighted by Gasteiger charge is -2.22. The molecule has 4 aromatic rings. The van der Waals surface area contributed by atoms with Gasteiger partial charge in [0.15, 0.2) is 9.84 Å². The second-order valence-electron chi connectivity index (χ2n) is 8.35. The third-order valence-electron chi connectivity index (χ3n) is 5.77. The maximum Gasteiger partial charge on any atom is 0.171 e. The molecule has 0 fully saturated rings. The lowest BCUT2D eigenvalue weighted by atomic mass is 10.1. The standard InChI is InChI=1S/C30H22Br4O2S/c31-25-11-1-21(2-12-25)5-19-29(23-7-15-27(33)16-8-23)37(35,36)30(24-9-17-28(34)18-10-24)20-6-22-3-13-26(32)14-4-22/h1-20,29-30H/b19-5+,20-6+. The van der Waals surface area contributed by atoms with E-state index in [2.05, 4.69) is 63.7 Å². The summed E-state index contributed by atoms with van der Waals surface area (Å²) >= 11 is 13.8. The molecule has 0 N–H and O–H groups in total. The lowest BCUT2D eigenvalue weighted by molar-refractivity contribution is 0.584. The maximum atomic E-state index is 14.4. The van der Waals surface area contributed by atoms with Crippen molar-refractivity contribution < 1.29 is 8.42 Å². The van der Waals surface area contributed by atoms with Gasteiger partial charge in [-0.1, -0.05) is 137 Å². The van der Waals surface area contributed by atoms with Gasteiger partial charge in [0.1, 0.15) is 10.5 Å². The molecule has 0 amide bonds. The van der Waals surface area contributed by atoms with Crippen molar-refractivity contribution in [3.05, 3.63) is 149 Å². The minimum absolute atomic E-state index is 0.704. The summed E-state index contributed by atoms with van der Waals surface area (Å²) in [5, 5.41) is -1.71. The molecule has 37 heavy (non-hydrogen) atoms. The summed E-state index contributed by atoms with van der Waals surface area (Å²) < 4.78 is 32.5. The fourth-order valence-electron chi connectivity index (χ4n) is 3.83. The summed E-state index contributed by atoms with van der Waals surface area (Å²) in [4.78, 5) is 0. The Morgan fingerprint density at radius 2 is 0.730 bits per heavy atom. The van der Waals surface area contributed by atoms with Crippen molar-refractivity contribution in [2.75, 3.05) is 0 Å². The van der Waals surface area contributed by atoms with E-state index in [4.69, 9.17) is 0 Å². The van der Waals surface area contributed by atoms with Crippen LogP contribution >= 0.6 is 63.7 Å². The predicted octanol–water partition coefficient (Wildman–Crippen LogP) is 10.4. The van der Waals surface area contributed by atoms with E-state index in [0.29, 0.717) is 11.1 Å². The zero-order chi connectivity index (χ0) is 26.4. The predicted molar refractivity (Wildman–Crippen MR) is 169 cm³/mol. The van der Waals surface area contributed by atoms with Crippen LogP contribution in [0.3, 0.4) is 0 Å². The van der Waals surface area contributed by atoms with Gasteiger partial charge in [-0.2, -0.15) is 0 Å². The first-order chi connectivity index (χ1) is 17.7. The fraction of sp³-hybridized carbons (Fsp3) is 0.0667. The summed E-state index contributed by atoms with van der Waals surface area (Å²) in [6.45, 7) is 0. The number of benzene rings is 4. The topological polar surface area (TPSA) is 34.1 Å². The highest BCUT2D eigenvalue weighted by atomic mass is 79.9. The highest BCUT2D eigenvalue weighted by Gasteiger charge is 2.33. The molecule has 7 heteroatoms. The van der Waals surface area contributed by atoms with Crippen molar-refractivity contribution in [1.82, 2.24) is 0 Å². The van der Waals surface area contributed by atoms with Crippen LogP contribution in [0.15, 0.2) is 127 Å². The summed E-state index contributed by atoms with van der Waals surface area (Å²) in [7, 11) is -3.77. The van der Waals surface area contributed by atoms with Gasteiger partial charge >= 0.3 is 0 Å². The maximum absolute atomic E-state index is 14.4. The first kappa shape index (κ1) is 28.2. The SMILES string of the molecule is O=S(=O)(C(/C=C/c1ccc(Br)cc1)c1ccc(Br)cc1)C(/C=C/c1ccc(Br)cc1)c1ccc(Br)cc1. The Labute approximate surface area is 252 Å². The number of hydrogen-bond donors (Lipinski definition) is 0. The average Bonchev–Trinajstić information content (AvgIpc) is 2.88. The van der Waals surface area contributed by atoms with Gasteiger partial charge in [-0.05, 0) is 70.8 Å². The molecule has 0 aliphatic rings. The molecule has 2 nitrogen and oxygen atoms in total. The van der Waals surface area contributed by atoms with Gasteiger partial charge in [-0.15, -0.1) is 0 Å². The Balaban J connectivity index is 1.81.